The Morgan fingerprint density at radius 2 is 1.88 bits per heavy atom. The van der Waals surface area contributed by atoms with Crippen molar-refractivity contribution >= 4 is 23.2 Å². The standard InChI is InChI=1S/C26H25ClN2O3/c1-32-19-9-6-8-17(13-19)26(31)29-15-23-25(20-10-3-5-12-22(20)29)24(16-30)28(23)14-18-7-2-4-11-21(18)27/h2-13,23-25,30H,14-16H2,1H3/t23-,24+,25+/m0/s1. The summed E-state index contributed by atoms with van der Waals surface area (Å²) in [5.41, 5.74) is 3.63. The lowest BCUT2D eigenvalue weighted by Gasteiger charge is -2.59. The van der Waals surface area contributed by atoms with Crippen molar-refractivity contribution in [2.45, 2.75) is 24.5 Å². The van der Waals surface area contributed by atoms with Gasteiger partial charge in [-0.15, -0.1) is 0 Å². The molecule has 1 fully saturated rings. The maximum absolute atomic E-state index is 13.6. The van der Waals surface area contributed by atoms with Crippen molar-refractivity contribution in [2.75, 3.05) is 25.2 Å². The molecule has 0 aromatic heterocycles. The lowest BCUT2D eigenvalue weighted by Crippen LogP contribution is -2.68. The predicted molar refractivity (Wildman–Crippen MR) is 126 cm³/mol. The van der Waals surface area contributed by atoms with Crippen LogP contribution in [-0.4, -0.2) is 48.3 Å². The zero-order valence-electron chi connectivity index (χ0n) is 17.8. The van der Waals surface area contributed by atoms with Gasteiger partial charge >= 0.3 is 0 Å². The van der Waals surface area contributed by atoms with Crippen LogP contribution < -0.4 is 9.64 Å². The van der Waals surface area contributed by atoms with Crippen molar-refractivity contribution in [3.8, 4) is 5.75 Å². The Kier molecular flexibility index (Phi) is 5.64. The first-order valence-electron chi connectivity index (χ1n) is 10.8. The number of halogens is 1. The number of hydrogen-bond donors (Lipinski definition) is 1. The van der Waals surface area contributed by atoms with Gasteiger partial charge in [0, 0.05) is 47.4 Å². The fourth-order valence-corrected chi connectivity index (χ4v) is 5.32. The largest absolute Gasteiger partial charge is 0.497 e. The van der Waals surface area contributed by atoms with Crippen LogP contribution in [0.1, 0.15) is 27.4 Å². The number of hydrogen-bond acceptors (Lipinski definition) is 4. The summed E-state index contributed by atoms with van der Waals surface area (Å²) in [6.07, 6.45) is 0. The molecular formula is C26H25ClN2O3. The molecule has 3 aromatic rings. The van der Waals surface area contributed by atoms with E-state index < -0.39 is 0 Å². The van der Waals surface area contributed by atoms with Gasteiger partial charge in [-0.05, 0) is 41.5 Å². The van der Waals surface area contributed by atoms with E-state index in [0.29, 0.717) is 29.4 Å². The second-order valence-electron chi connectivity index (χ2n) is 8.31. The number of aliphatic hydroxyl groups is 1. The molecule has 0 radical (unpaired) electrons. The number of methoxy groups -OCH3 is 1. The Labute approximate surface area is 192 Å². The van der Waals surface area contributed by atoms with Crippen LogP contribution >= 0.6 is 11.6 Å². The van der Waals surface area contributed by atoms with E-state index in [2.05, 4.69) is 11.0 Å². The van der Waals surface area contributed by atoms with Gasteiger partial charge in [-0.2, -0.15) is 0 Å². The third-order valence-electron chi connectivity index (χ3n) is 6.70. The zero-order valence-corrected chi connectivity index (χ0v) is 18.6. The number of ether oxygens (including phenoxy) is 1. The van der Waals surface area contributed by atoms with Gasteiger partial charge < -0.3 is 14.7 Å². The predicted octanol–water partition coefficient (Wildman–Crippen LogP) is 4.34. The second kappa shape index (κ2) is 8.58. The second-order valence-corrected chi connectivity index (χ2v) is 8.72. The minimum atomic E-state index is -0.0556. The first kappa shape index (κ1) is 21.0. The number of para-hydroxylation sites is 1. The van der Waals surface area contributed by atoms with E-state index in [1.807, 2.05) is 65.6 Å². The minimum absolute atomic E-state index is 0.00788. The third kappa shape index (κ3) is 3.47. The molecule has 0 saturated carbocycles. The molecule has 3 atom stereocenters. The van der Waals surface area contributed by atoms with Gasteiger partial charge in [-0.3, -0.25) is 9.69 Å². The van der Waals surface area contributed by atoms with Crippen molar-refractivity contribution in [2.24, 2.45) is 0 Å². The van der Waals surface area contributed by atoms with Gasteiger partial charge in [0.1, 0.15) is 5.75 Å². The van der Waals surface area contributed by atoms with E-state index in [4.69, 9.17) is 16.3 Å². The number of likely N-dealkylation sites (tertiary alicyclic amines) is 1. The number of carbonyl (C=O) groups is 1. The van der Waals surface area contributed by atoms with Crippen molar-refractivity contribution < 1.29 is 14.6 Å². The van der Waals surface area contributed by atoms with E-state index >= 15 is 0 Å². The number of aliphatic hydroxyl groups excluding tert-OH is 1. The molecule has 6 heteroatoms. The molecule has 1 amide bonds. The summed E-state index contributed by atoms with van der Waals surface area (Å²) in [5.74, 6) is 0.774. The molecule has 2 heterocycles. The van der Waals surface area contributed by atoms with Gasteiger partial charge in [-0.25, -0.2) is 0 Å². The number of amides is 1. The highest BCUT2D eigenvalue weighted by Gasteiger charge is 2.53. The SMILES string of the molecule is COc1cccc(C(=O)N2C[C@H]3[C@@H](c4ccccc42)[C@@H](CO)N3Cc2ccccc2Cl)c1. The van der Waals surface area contributed by atoms with Crippen LogP contribution in [0.2, 0.25) is 5.02 Å². The molecule has 1 N–H and O–H groups in total. The maximum Gasteiger partial charge on any atom is 0.258 e. The average molecular weight is 449 g/mol. The molecular weight excluding hydrogens is 424 g/mol. The smallest absolute Gasteiger partial charge is 0.258 e. The Morgan fingerprint density at radius 1 is 1.09 bits per heavy atom. The Bertz CT molecular complexity index is 1150. The van der Waals surface area contributed by atoms with E-state index in [9.17, 15) is 9.90 Å². The lowest BCUT2D eigenvalue weighted by molar-refractivity contribution is -0.0488. The fourth-order valence-electron chi connectivity index (χ4n) is 5.13. The molecule has 0 aliphatic carbocycles. The van der Waals surface area contributed by atoms with Crippen LogP contribution in [0, 0.1) is 0 Å². The number of benzene rings is 3. The number of fused-ring (bicyclic) bond motifs is 3. The highest BCUT2D eigenvalue weighted by molar-refractivity contribution is 6.31. The Hall–Kier alpha value is -2.86. The van der Waals surface area contributed by atoms with Gasteiger partial charge in [0.25, 0.3) is 5.91 Å². The zero-order chi connectivity index (χ0) is 22.2. The van der Waals surface area contributed by atoms with Crippen LogP contribution in [0.25, 0.3) is 0 Å². The summed E-state index contributed by atoms with van der Waals surface area (Å²) in [6, 6.07) is 23.2. The van der Waals surface area contributed by atoms with Crippen LogP contribution in [0.15, 0.2) is 72.8 Å². The molecule has 32 heavy (non-hydrogen) atoms. The van der Waals surface area contributed by atoms with E-state index in [1.165, 1.54) is 0 Å². The molecule has 5 nitrogen and oxygen atoms in total. The number of anilines is 1. The normalized spacial score (nSPS) is 22.0. The first-order chi connectivity index (χ1) is 15.6. The highest BCUT2D eigenvalue weighted by atomic mass is 35.5. The Balaban J connectivity index is 1.50. The monoisotopic (exact) mass is 448 g/mol. The minimum Gasteiger partial charge on any atom is -0.497 e. The summed E-state index contributed by atoms with van der Waals surface area (Å²) in [5, 5.41) is 10.9. The van der Waals surface area contributed by atoms with Crippen molar-refractivity contribution in [3.63, 3.8) is 0 Å². The maximum atomic E-state index is 13.6. The summed E-state index contributed by atoms with van der Waals surface area (Å²) in [4.78, 5) is 17.7. The summed E-state index contributed by atoms with van der Waals surface area (Å²) in [7, 11) is 1.60. The molecule has 0 bridgehead atoms. The quantitative estimate of drug-likeness (QED) is 0.631. The molecule has 1 saturated heterocycles. The number of carbonyl (C=O) groups excluding carboxylic acids is 1. The number of nitrogens with zero attached hydrogens (tertiary/aromatic N) is 2. The van der Waals surface area contributed by atoms with Gasteiger partial charge in [-0.1, -0.05) is 54.1 Å². The van der Waals surface area contributed by atoms with Gasteiger partial charge in [0.15, 0.2) is 0 Å². The number of rotatable bonds is 5. The van der Waals surface area contributed by atoms with Crippen LogP contribution in [-0.2, 0) is 6.54 Å². The molecule has 164 valence electrons. The van der Waals surface area contributed by atoms with Crippen LogP contribution in [0.5, 0.6) is 5.75 Å². The van der Waals surface area contributed by atoms with E-state index in [0.717, 1.165) is 16.8 Å². The summed E-state index contributed by atoms with van der Waals surface area (Å²) < 4.78 is 5.32. The summed E-state index contributed by atoms with van der Waals surface area (Å²) >= 11 is 6.42. The molecule has 3 aromatic carbocycles. The molecule has 2 aliphatic heterocycles. The van der Waals surface area contributed by atoms with Crippen molar-refractivity contribution in [1.29, 1.82) is 0 Å². The van der Waals surface area contributed by atoms with E-state index in [-0.39, 0.29) is 30.5 Å². The van der Waals surface area contributed by atoms with Gasteiger partial charge in [0.05, 0.1) is 13.7 Å². The topological polar surface area (TPSA) is 53.0 Å². The van der Waals surface area contributed by atoms with E-state index in [1.54, 1.807) is 13.2 Å². The average Bonchev–Trinajstić information content (AvgIpc) is 2.83. The summed E-state index contributed by atoms with van der Waals surface area (Å²) in [6.45, 7) is 1.25. The molecule has 5 rings (SSSR count). The van der Waals surface area contributed by atoms with Crippen LogP contribution in [0.3, 0.4) is 0 Å². The lowest BCUT2D eigenvalue weighted by atomic mass is 9.71. The molecule has 0 unspecified atom stereocenters. The fraction of sp³-hybridized carbons (Fsp3) is 0.269. The highest BCUT2D eigenvalue weighted by Crippen LogP contribution is 2.49. The third-order valence-corrected chi connectivity index (χ3v) is 7.07. The molecule has 2 aliphatic rings. The molecule has 0 spiro atoms. The van der Waals surface area contributed by atoms with Crippen molar-refractivity contribution in [3.05, 3.63) is 94.5 Å². The Morgan fingerprint density at radius 3 is 2.66 bits per heavy atom. The first-order valence-corrected chi connectivity index (χ1v) is 11.1. The van der Waals surface area contributed by atoms with Crippen molar-refractivity contribution in [1.82, 2.24) is 4.90 Å². The van der Waals surface area contributed by atoms with Crippen LogP contribution in [0.4, 0.5) is 5.69 Å². The van der Waals surface area contributed by atoms with Gasteiger partial charge in [0.2, 0.25) is 0 Å².